The van der Waals surface area contributed by atoms with E-state index in [4.69, 9.17) is 0 Å². The molecule has 18 heavy (non-hydrogen) atoms. The molecule has 0 bridgehead atoms. The Bertz CT molecular complexity index is 741. The molecule has 0 radical (unpaired) electrons. The van der Waals surface area contributed by atoms with Gasteiger partial charge in [-0.15, -0.1) is 0 Å². The molecule has 3 aromatic rings. The zero-order valence-corrected chi connectivity index (χ0v) is 9.49. The molecule has 1 heterocycles. The Morgan fingerprint density at radius 1 is 1.00 bits per heavy atom. The normalized spacial score (nSPS) is 12.4. The van der Waals surface area contributed by atoms with E-state index < -0.39 is 11.9 Å². The Kier molecular flexibility index (Phi) is 2.14. The predicted octanol–water partition coefficient (Wildman–Crippen LogP) is 3.75. The van der Waals surface area contributed by atoms with Crippen molar-refractivity contribution in [3.05, 3.63) is 42.1 Å². The van der Waals surface area contributed by atoms with Crippen LogP contribution in [0, 0.1) is 0 Å². The van der Waals surface area contributed by atoms with Gasteiger partial charge in [-0.3, -0.25) is 4.68 Å². The second kappa shape index (κ2) is 3.48. The summed E-state index contributed by atoms with van der Waals surface area (Å²) in [6, 6.07) is 10.5. The molecular weight excluding hydrogens is 241 g/mol. The Hall–Kier alpha value is -2.04. The number of alkyl halides is 3. The van der Waals surface area contributed by atoms with Crippen molar-refractivity contribution < 1.29 is 13.2 Å². The zero-order chi connectivity index (χ0) is 12.9. The van der Waals surface area contributed by atoms with Gasteiger partial charge in [0.05, 0.1) is 5.52 Å². The quantitative estimate of drug-likeness (QED) is 0.594. The average molecular weight is 250 g/mol. The maximum atomic E-state index is 12.9. The van der Waals surface area contributed by atoms with Crippen molar-refractivity contribution in [1.29, 1.82) is 0 Å². The van der Waals surface area contributed by atoms with Crippen molar-refractivity contribution >= 4 is 21.7 Å². The van der Waals surface area contributed by atoms with Crippen molar-refractivity contribution in [2.75, 3.05) is 0 Å². The summed E-state index contributed by atoms with van der Waals surface area (Å²) >= 11 is 0. The maximum absolute atomic E-state index is 12.9. The first-order valence-electron chi connectivity index (χ1n) is 5.40. The topological polar surface area (TPSA) is 17.8 Å². The monoisotopic (exact) mass is 250 g/mol. The summed E-state index contributed by atoms with van der Waals surface area (Å²) < 4.78 is 39.9. The number of hydrogen-bond donors (Lipinski definition) is 0. The average Bonchev–Trinajstić information content (AvgIpc) is 2.67. The molecule has 0 aliphatic carbocycles. The summed E-state index contributed by atoms with van der Waals surface area (Å²) in [4.78, 5) is 0. The zero-order valence-electron chi connectivity index (χ0n) is 9.49. The summed E-state index contributed by atoms with van der Waals surface area (Å²) in [5.74, 6) is 0. The molecule has 2 nitrogen and oxygen atoms in total. The molecule has 0 fully saturated rings. The Balaban J connectivity index is 2.50. The van der Waals surface area contributed by atoms with Gasteiger partial charge in [-0.2, -0.15) is 18.3 Å². The summed E-state index contributed by atoms with van der Waals surface area (Å²) in [6.07, 6.45) is -4.43. The van der Waals surface area contributed by atoms with Gasteiger partial charge in [0.2, 0.25) is 0 Å². The van der Waals surface area contributed by atoms with Gasteiger partial charge in [0.25, 0.3) is 0 Å². The molecule has 0 aliphatic rings. The fourth-order valence-electron chi connectivity index (χ4n) is 2.26. The molecule has 1 aromatic heterocycles. The third-order valence-electron chi connectivity index (χ3n) is 3.00. The second-order valence-corrected chi connectivity index (χ2v) is 4.15. The first-order valence-corrected chi connectivity index (χ1v) is 5.40. The predicted molar refractivity (Wildman–Crippen MR) is 63.2 cm³/mol. The van der Waals surface area contributed by atoms with Crippen LogP contribution in [0.4, 0.5) is 13.2 Å². The minimum Gasteiger partial charge on any atom is -0.267 e. The molecule has 0 spiro atoms. The minimum absolute atomic E-state index is 0.142. The summed E-state index contributed by atoms with van der Waals surface area (Å²) in [5, 5.41) is 5.43. The molecule has 5 heteroatoms. The number of aryl methyl sites for hydroxylation is 1. The second-order valence-electron chi connectivity index (χ2n) is 4.15. The number of rotatable bonds is 0. The fraction of sp³-hybridized carbons (Fsp3) is 0.154. The van der Waals surface area contributed by atoms with E-state index in [0.29, 0.717) is 5.52 Å². The number of halogens is 3. The van der Waals surface area contributed by atoms with Crippen molar-refractivity contribution in [1.82, 2.24) is 9.78 Å². The van der Waals surface area contributed by atoms with E-state index in [1.54, 1.807) is 12.1 Å². The maximum Gasteiger partial charge on any atom is 0.435 e. The number of aromatic nitrogens is 2. The number of benzene rings is 2. The molecule has 0 atom stereocenters. The van der Waals surface area contributed by atoms with Gasteiger partial charge >= 0.3 is 6.18 Å². The van der Waals surface area contributed by atoms with Crippen LogP contribution in [-0.4, -0.2) is 9.78 Å². The number of fused-ring (bicyclic) bond motifs is 3. The van der Waals surface area contributed by atoms with Gasteiger partial charge in [0, 0.05) is 17.8 Å². The van der Waals surface area contributed by atoms with Crippen LogP contribution in [0.2, 0.25) is 0 Å². The highest BCUT2D eigenvalue weighted by Crippen LogP contribution is 2.36. The van der Waals surface area contributed by atoms with Gasteiger partial charge in [-0.05, 0) is 11.5 Å². The van der Waals surface area contributed by atoms with Crippen LogP contribution in [0.5, 0.6) is 0 Å². The van der Waals surface area contributed by atoms with E-state index in [1.807, 2.05) is 18.2 Å². The van der Waals surface area contributed by atoms with Gasteiger partial charge in [0.1, 0.15) is 0 Å². The minimum atomic E-state index is -4.43. The first-order chi connectivity index (χ1) is 8.48. The lowest BCUT2D eigenvalue weighted by atomic mass is 10.1. The van der Waals surface area contributed by atoms with Crippen molar-refractivity contribution in [2.24, 2.45) is 7.05 Å². The lowest BCUT2D eigenvalue weighted by molar-refractivity contribution is -0.140. The van der Waals surface area contributed by atoms with Crippen molar-refractivity contribution in [3.63, 3.8) is 0 Å². The molecule has 0 aliphatic heterocycles. The molecule has 0 saturated carbocycles. The van der Waals surface area contributed by atoms with Crippen molar-refractivity contribution in [2.45, 2.75) is 6.18 Å². The molecule has 0 unspecified atom stereocenters. The Morgan fingerprint density at radius 3 is 2.44 bits per heavy atom. The SMILES string of the molecule is Cn1nc(C(F)(F)F)c2ccc3ccccc3c21. The molecule has 0 saturated heterocycles. The molecular formula is C13H9F3N2. The molecule has 3 rings (SSSR count). The highest BCUT2D eigenvalue weighted by atomic mass is 19.4. The van der Waals surface area contributed by atoms with Gasteiger partial charge < -0.3 is 0 Å². The molecule has 0 N–H and O–H groups in total. The third-order valence-corrected chi connectivity index (χ3v) is 3.00. The molecule has 2 aromatic carbocycles. The Morgan fingerprint density at radius 2 is 1.72 bits per heavy atom. The van der Waals surface area contributed by atoms with Gasteiger partial charge in [-0.1, -0.05) is 30.3 Å². The van der Waals surface area contributed by atoms with Crippen LogP contribution in [0.1, 0.15) is 5.69 Å². The van der Waals surface area contributed by atoms with Gasteiger partial charge in [-0.25, -0.2) is 0 Å². The number of hydrogen-bond acceptors (Lipinski definition) is 1. The van der Waals surface area contributed by atoms with Crippen LogP contribution in [-0.2, 0) is 13.2 Å². The van der Waals surface area contributed by atoms with Crippen LogP contribution >= 0.6 is 0 Å². The van der Waals surface area contributed by atoms with E-state index in [1.165, 1.54) is 17.8 Å². The number of nitrogens with zero attached hydrogens (tertiary/aromatic N) is 2. The van der Waals surface area contributed by atoms with Crippen LogP contribution in [0.15, 0.2) is 36.4 Å². The van der Waals surface area contributed by atoms with Crippen LogP contribution in [0.3, 0.4) is 0 Å². The van der Waals surface area contributed by atoms with E-state index in [2.05, 4.69) is 5.10 Å². The van der Waals surface area contributed by atoms with Crippen LogP contribution < -0.4 is 0 Å². The summed E-state index contributed by atoms with van der Waals surface area (Å²) in [7, 11) is 1.53. The smallest absolute Gasteiger partial charge is 0.267 e. The van der Waals surface area contributed by atoms with E-state index in [-0.39, 0.29) is 5.39 Å². The lowest BCUT2D eigenvalue weighted by Crippen LogP contribution is -2.06. The lowest BCUT2D eigenvalue weighted by Gasteiger charge is -2.03. The summed E-state index contributed by atoms with van der Waals surface area (Å²) in [5.41, 5.74) is -0.314. The van der Waals surface area contributed by atoms with E-state index >= 15 is 0 Å². The molecule has 92 valence electrons. The largest absolute Gasteiger partial charge is 0.435 e. The Labute approximate surface area is 101 Å². The van der Waals surface area contributed by atoms with Gasteiger partial charge in [0.15, 0.2) is 5.69 Å². The fourth-order valence-corrected chi connectivity index (χ4v) is 2.26. The van der Waals surface area contributed by atoms with E-state index in [9.17, 15) is 13.2 Å². The third kappa shape index (κ3) is 1.47. The standard InChI is InChI=1S/C13H9F3N2/c1-18-11-9-5-3-2-4-8(9)6-7-10(11)12(17-18)13(14,15)16/h2-7H,1H3. The molecule has 0 amide bonds. The highest BCUT2D eigenvalue weighted by molar-refractivity contribution is 6.06. The van der Waals surface area contributed by atoms with Crippen LogP contribution in [0.25, 0.3) is 21.7 Å². The summed E-state index contributed by atoms with van der Waals surface area (Å²) in [6.45, 7) is 0. The first kappa shape index (κ1) is 11.1. The highest BCUT2D eigenvalue weighted by Gasteiger charge is 2.36. The van der Waals surface area contributed by atoms with Crippen molar-refractivity contribution in [3.8, 4) is 0 Å². The van der Waals surface area contributed by atoms with E-state index in [0.717, 1.165) is 10.8 Å².